The van der Waals surface area contributed by atoms with E-state index in [0.717, 1.165) is 31.7 Å². The summed E-state index contributed by atoms with van der Waals surface area (Å²) in [5, 5.41) is 4.01. The number of sulfone groups is 1. The first-order valence-electron chi connectivity index (χ1n) is 9.13. The maximum absolute atomic E-state index is 13.6. The summed E-state index contributed by atoms with van der Waals surface area (Å²) in [5.74, 6) is -0.165. The van der Waals surface area contributed by atoms with Crippen molar-refractivity contribution in [2.75, 3.05) is 11.5 Å². The minimum absolute atomic E-state index is 0.0257. The maximum Gasteiger partial charge on any atom is 0.417 e. The molecular formula is C18H19F3N2O3S2. The van der Waals surface area contributed by atoms with Gasteiger partial charge in [-0.15, -0.1) is 11.8 Å². The van der Waals surface area contributed by atoms with Gasteiger partial charge in [0.15, 0.2) is 15.7 Å². The topological polar surface area (TPSA) is 73.1 Å². The summed E-state index contributed by atoms with van der Waals surface area (Å²) in [5.41, 5.74) is -0.521. The summed E-state index contributed by atoms with van der Waals surface area (Å²) in [6.45, 7) is 0. The number of nitrogens with zero attached hydrogens (tertiary/aromatic N) is 2. The van der Waals surface area contributed by atoms with E-state index in [9.17, 15) is 21.6 Å². The molecule has 0 amide bonds. The Kier molecular flexibility index (Phi) is 5.20. The smallest absolute Gasteiger partial charge is 0.334 e. The first-order chi connectivity index (χ1) is 13.2. The fraction of sp³-hybridized carbons (Fsp3) is 0.556. The van der Waals surface area contributed by atoms with Gasteiger partial charge in [0, 0.05) is 21.6 Å². The van der Waals surface area contributed by atoms with Crippen LogP contribution in [0.1, 0.15) is 49.4 Å². The van der Waals surface area contributed by atoms with Gasteiger partial charge in [-0.25, -0.2) is 8.42 Å². The molecule has 0 radical (unpaired) electrons. The van der Waals surface area contributed by atoms with E-state index >= 15 is 0 Å². The van der Waals surface area contributed by atoms with Crippen LogP contribution in [0.4, 0.5) is 13.2 Å². The number of rotatable bonds is 4. The van der Waals surface area contributed by atoms with E-state index in [4.69, 9.17) is 4.52 Å². The summed E-state index contributed by atoms with van der Waals surface area (Å²) in [6.07, 6.45) is -0.120. The van der Waals surface area contributed by atoms with Crippen LogP contribution in [0.25, 0.3) is 11.5 Å². The van der Waals surface area contributed by atoms with E-state index < -0.39 is 21.6 Å². The van der Waals surface area contributed by atoms with Gasteiger partial charge < -0.3 is 4.52 Å². The van der Waals surface area contributed by atoms with Gasteiger partial charge in [0.2, 0.25) is 0 Å². The molecule has 4 rings (SSSR count). The number of thioether (sulfide) groups is 1. The number of hydrogen-bond donors (Lipinski definition) is 0. The Morgan fingerprint density at radius 1 is 1.14 bits per heavy atom. The van der Waals surface area contributed by atoms with Crippen LogP contribution in [0.3, 0.4) is 0 Å². The molecule has 10 heteroatoms. The van der Waals surface area contributed by atoms with Crippen molar-refractivity contribution >= 4 is 21.6 Å². The molecule has 152 valence electrons. The first-order valence-corrected chi connectivity index (χ1v) is 11.8. The van der Waals surface area contributed by atoms with E-state index in [2.05, 4.69) is 10.1 Å². The summed E-state index contributed by atoms with van der Waals surface area (Å²) in [6, 6.07) is 4.06. The Morgan fingerprint density at radius 2 is 1.89 bits per heavy atom. The molecule has 1 atom stereocenters. The lowest BCUT2D eigenvalue weighted by Crippen LogP contribution is -2.08. The SMILES string of the molecule is O=S1(=O)CCC(c2noc(-c3ccc(SC4CCCC4)c(C(F)(F)F)c3)n2)C1. The van der Waals surface area contributed by atoms with Crippen molar-refractivity contribution in [2.24, 2.45) is 0 Å². The van der Waals surface area contributed by atoms with Crippen molar-refractivity contribution in [3.8, 4) is 11.5 Å². The Morgan fingerprint density at radius 3 is 2.54 bits per heavy atom. The molecule has 1 aromatic carbocycles. The zero-order valence-electron chi connectivity index (χ0n) is 14.9. The molecule has 0 bridgehead atoms. The van der Waals surface area contributed by atoms with Crippen molar-refractivity contribution < 1.29 is 26.1 Å². The summed E-state index contributed by atoms with van der Waals surface area (Å²) >= 11 is 1.28. The number of aromatic nitrogens is 2. The van der Waals surface area contributed by atoms with E-state index in [1.54, 1.807) is 6.07 Å². The molecule has 1 aliphatic heterocycles. The molecule has 2 aliphatic rings. The minimum Gasteiger partial charge on any atom is -0.334 e. The summed E-state index contributed by atoms with van der Waals surface area (Å²) in [4.78, 5) is 4.38. The summed E-state index contributed by atoms with van der Waals surface area (Å²) in [7, 11) is -3.12. The van der Waals surface area contributed by atoms with Crippen LogP contribution in [-0.4, -0.2) is 35.3 Å². The van der Waals surface area contributed by atoms with Crippen molar-refractivity contribution in [3.05, 3.63) is 29.6 Å². The van der Waals surface area contributed by atoms with Crippen LogP contribution in [0, 0.1) is 0 Å². The molecule has 1 unspecified atom stereocenters. The van der Waals surface area contributed by atoms with Crippen LogP contribution < -0.4 is 0 Å². The van der Waals surface area contributed by atoms with Crippen LogP contribution >= 0.6 is 11.8 Å². The number of halogens is 3. The number of hydrogen-bond acceptors (Lipinski definition) is 6. The average molecular weight is 432 g/mol. The molecule has 1 aliphatic carbocycles. The standard InChI is InChI=1S/C18H19F3N2O3S2/c19-18(20,21)14-9-11(5-6-15(14)27-13-3-1-2-4-13)17-22-16(23-26-17)12-7-8-28(24,25)10-12/h5-6,9,12-13H,1-4,7-8,10H2. The second-order valence-electron chi connectivity index (χ2n) is 7.29. The Bertz CT molecular complexity index is 967. The van der Waals surface area contributed by atoms with Crippen LogP contribution in [0.5, 0.6) is 0 Å². The molecule has 1 saturated carbocycles. The lowest BCUT2D eigenvalue weighted by Gasteiger charge is -2.16. The van der Waals surface area contributed by atoms with E-state index in [1.165, 1.54) is 17.8 Å². The fourth-order valence-electron chi connectivity index (χ4n) is 3.69. The first kappa shape index (κ1) is 19.8. The molecule has 2 heterocycles. The summed E-state index contributed by atoms with van der Waals surface area (Å²) < 4.78 is 69.2. The van der Waals surface area contributed by atoms with Crippen LogP contribution in [0.15, 0.2) is 27.6 Å². The second-order valence-corrected chi connectivity index (χ2v) is 10.9. The van der Waals surface area contributed by atoms with Gasteiger partial charge in [-0.1, -0.05) is 18.0 Å². The maximum atomic E-state index is 13.6. The molecule has 5 nitrogen and oxygen atoms in total. The molecule has 2 aromatic rings. The van der Waals surface area contributed by atoms with Gasteiger partial charge in [0.05, 0.1) is 17.1 Å². The number of benzene rings is 1. The van der Waals surface area contributed by atoms with Crippen LogP contribution in [-0.2, 0) is 16.0 Å². The van der Waals surface area contributed by atoms with Gasteiger partial charge in [0.1, 0.15) is 0 Å². The molecule has 0 spiro atoms. The van der Waals surface area contributed by atoms with E-state index in [-0.39, 0.29) is 44.8 Å². The quantitative estimate of drug-likeness (QED) is 0.698. The van der Waals surface area contributed by atoms with E-state index in [0.29, 0.717) is 6.42 Å². The third-order valence-electron chi connectivity index (χ3n) is 5.17. The molecule has 1 saturated heterocycles. The fourth-order valence-corrected chi connectivity index (χ4v) is 6.81. The zero-order valence-corrected chi connectivity index (χ0v) is 16.5. The van der Waals surface area contributed by atoms with Gasteiger partial charge >= 0.3 is 6.18 Å². The Hall–Kier alpha value is -1.55. The highest BCUT2D eigenvalue weighted by atomic mass is 32.2. The average Bonchev–Trinajstić information content (AvgIpc) is 3.35. The monoisotopic (exact) mass is 432 g/mol. The zero-order chi connectivity index (χ0) is 19.9. The minimum atomic E-state index is -4.49. The van der Waals surface area contributed by atoms with Crippen molar-refractivity contribution in [1.29, 1.82) is 0 Å². The highest BCUT2D eigenvalue weighted by molar-refractivity contribution is 8.00. The predicted octanol–water partition coefficient (Wildman–Crippen LogP) is 4.69. The molecular weight excluding hydrogens is 413 g/mol. The van der Waals surface area contributed by atoms with Gasteiger partial charge in [-0.2, -0.15) is 18.2 Å². The third kappa shape index (κ3) is 4.22. The van der Waals surface area contributed by atoms with Gasteiger partial charge in [-0.3, -0.25) is 0 Å². The molecule has 0 N–H and O–H groups in total. The van der Waals surface area contributed by atoms with Gasteiger partial charge in [-0.05, 0) is 37.5 Å². The third-order valence-corrected chi connectivity index (χ3v) is 8.35. The van der Waals surface area contributed by atoms with Crippen molar-refractivity contribution in [3.63, 3.8) is 0 Å². The number of alkyl halides is 3. The Balaban J connectivity index is 1.61. The highest BCUT2D eigenvalue weighted by Gasteiger charge is 2.36. The molecule has 2 fully saturated rings. The van der Waals surface area contributed by atoms with E-state index in [1.807, 2.05) is 0 Å². The molecule has 28 heavy (non-hydrogen) atoms. The lowest BCUT2D eigenvalue weighted by atomic mass is 10.1. The van der Waals surface area contributed by atoms with Crippen molar-refractivity contribution in [2.45, 2.75) is 54.3 Å². The highest BCUT2D eigenvalue weighted by Crippen LogP contribution is 2.43. The van der Waals surface area contributed by atoms with Gasteiger partial charge in [0.25, 0.3) is 5.89 Å². The normalized spacial score (nSPS) is 22.8. The second kappa shape index (κ2) is 7.37. The largest absolute Gasteiger partial charge is 0.417 e. The predicted molar refractivity (Wildman–Crippen MR) is 98.9 cm³/mol. The Labute approximate surface area is 165 Å². The van der Waals surface area contributed by atoms with Crippen molar-refractivity contribution in [1.82, 2.24) is 10.1 Å². The molecule has 1 aromatic heterocycles. The van der Waals surface area contributed by atoms with Crippen LogP contribution in [0.2, 0.25) is 0 Å². The lowest BCUT2D eigenvalue weighted by molar-refractivity contribution is -0.139.